The van der Waals surface area contributed by atoms with Crippen LogP contribution in [0.25, 0.3) is 0 Å². The summed E-state index contributed by atoms with van der Waals surface area (Å²) in [6, 6.07) is 8.17. The third-order valence-electron chi connectivity index (χ3n) is 1.88. The number of hydrogen-bond acceptors (Lipinski definition) is 2. The first-order valence-electron chi connectivity index (χ1n) is 4.64. The van der Waals surface area contributed by atoms with Gasteiger partial charge in [0.25, 0.3) is 0 Å². The molecule has 0 aliphatic carbocycles. The second-order valence-corrected chi connectivity index (χ2v) is 3.97. The number of para-hydroxylation sites is 1. The quantitative estimate of drug-likeness (QED) is 0.457. The average molecular weight is 306 g/mol. The van der Waals surface area contributed by atoms with Gasteiger partial charge in [-0.2, -0.15) is 0 Å². The topological polar surface area (TPSA) is 18.5 Å². The first kappa shape index (κ1) is 11.8. The molecule has 0 aliphatic rings. The maximum atomic E-state index is 5.60. The van der Waals surface area contributed by atoms with Crippen LogP contribution >= 0.6 is 22.6 Å². The van der Waals surface area contributed by atoms with E-state index in [2.05, 4.69) is 28.7 Å². The molecule has 0 amide bonds. The van der Waals surface area contributed by atoms with Crippen LogP contribution in [0.2, 0.25) is 0 Å². The molecule has 1 aromatic carbocycles. The van der Waals surface area contributed by atoms with Crippen molar-refractivity contribution in [3.63, 3.8) is 0 Å². The summed E-state index contributed by atoms with van der Waals surface area (Å²) in [5.74, 6) is 0.987. The van der Waals surface area contributed by atoms with Crippen LogP contribution < -0.4 is 4.74 Å². The van der Waals surface area contributed by atoms with Crippen molar-refractivity contribution >= 4 is 22.6 Å². The van der Waals surface area contributed by atoms with Crippen molar-refractivity contribution in [3.05, 3.63) is 29.8 Å². The number of benzene rings is 1. The second kappa shape index (κ2) is 7.06. The molecule has 0 saturated heterocycles. The first-order chi connectivity index (χ1) is 6.88. The fraction of sp³-hybridized carbons (Fsp3) is 0.455. The van der Waals surface area contributed by atoms with Crippen molar-refractivity contribution in [2.24, 2.45) is 0 Å². The van der Waals surface area contributed by atoms with Gasteiger partial charge in [-0.1, -0.05) is 40.8 Å². The zero-order chi connectivity index (χ0) is 10.2. The molecule has 0 aromatic heterocycles. The van der Waals surface area contributed by atoms with Gasteiger partial charge in [-0.15, -0.1) is 0 Å². The molecule has 0 radical (unpaired) electrons. The summed E-state index contributed by atoms with van der Waals surface area (Å²) < 4.78 is 11.7. The van der Waals surface area contributed by atoms with E-state index < -0.39 is 0 Å². The summed E-state index contributed by atoms with van der Waals surface area (Å²) >= 11 is 2.37. The third kappa shape index (κ3) is 3.84. The van der Waals surface area contributed by atoms with Gasteiger partial charge < -0.3 is 9.47 Å². The van der Waals surface area contributed by atoms with Gasteiger partial charge in [0.1, 0.15) is 12.4 Å². The Morgan fingerprint density at radius 3 is 2.71 bits per heavy atom. The van der Waals surface area contributed by atoms with Crippen LogP contribution in [0.3, 0.4) is 0 Å². The molecule has 14 heavy (non-hydrogen) atoms. The summed E-state index contributed by atoms with van der Waals surface area (Å²) in [6.07, 6.45) is 1.06. The van der Waals surface area contributed by atoms with Gasteiger partial charge in [-0.05, 0) is 18.1 Å². The van der Waals surface area contributed by atoms with Crippen molar-refractivity contribution in [2.75, 3.05) is 24.8 Å². The van der Waals surface area contributed by atoms with Crippen molar-refractivity contribution in [1.82, 2.24) is 0 Å². The molecule has 0 bridgehead atoms. The van der Waals surface area contributed by atoms with E-state index in [-0.39, 0.29) is 0 Å². The summed E-state index contributed by atoms with van der Waals surface area (Å²) in [4.78, 5) is 0. The summed E-state index contributed by atoms with van der Waals surface area (Å²) in [6.45, 7) is 1.26. The van der Waals surface area contributed by atoms with Crippen molar-refractivity contribution in [1.29, 1.82) is 0 Å². The van der Waals surface area contributed by atoms with Crippen molar-refractivity contribution < 1.29 is 9.47 Å². The van der Waals surface area contributed by atoms with E-state index in [9.17, 15) is 0 Å². The predicted octanol–water partition coefficient (Wildman–Crippen LogP) is 2.69. The fourth-order valence-electron chi connectivity index (χ4n) is 1.19. The number of methoxy groups -OCH3 is 1. The summed E-state index contributed by atoms with van der Waals surface area (Å²) in [5.41, 5.74) is 1.28. The number of ether oxygens (including phenoxy) is 2. The highest BCUT2D eigenvalue weighted by atomic mass is 127. The zero-order valence-electron chi connectivity index (χ0n) is 8.33. The number of rotatable bonds is 6. The number of aryl methyl sites for hydroxylation is 1. The Morgan fingerprint density at radius 1 is 1.21 bits per heavy atom. The van der Waals surface area contributed by atoms with E-state index in [1.54, 1.807) is 7.11 Å². The third-order valence-corrected chi connectivity index (χ3v) is 2.42. The lowest BCUT2D eigenvalue weighted by atomic mass is 10.1. The smallest absolute Gasteiger partial charge is 0.122 e. The number of halogens is 1. The van der Waals surface area contributed by atoms with Crippen LogP contribution in [0.4, 0.5) is 0 Å². The SMILES string of the molecule is COCCOc1ccccc1CCI. The molecule has 3 heteroatoms. The molecular weight excluding hydrogens is 291 g/mol. The molecule has 2 nitrogen and oxygen atoms in total. The molecule has 1 aromatic rings. The number of hydrogen-bond donors (Lipinski definition) is 0. The molecule has 0 heterocycles. The van der Waals surface area contributed by atoms with E-state index in [0.717, 1.165) is 16.6 Å². The summed E-state index contributed by atoms with van der Waals surface area (Å²) in [5, 5.41) is 0. The van der Waals surface area contributed by atoms with Gasteiger partial charge in [-0.3, -0.25) is 0 Å². The molecular formula is C11H15IO2. The van der Waals surface area contributed by atoms with Gasteiger partial charge in [-0.25, -0.2) is 0 Å². The molecule has 78 valence electrons. The van der Waals surface area contributed by atoms with Gasteiger partial charge >= 0.3 is 0 Å². The van der Waals surface area contributed by atoms with E-state index in [1.807, 2.05) is 18.2 Å². The molecule has 0 atom stereocenters. The Balaban J connectivity index is 2.55. The molecule has 1 rings (SSSR count). The monoisotopic (exact) mass is 306 g/mol. The highest BCUT2D eigenvalue weighted by molar-refractivity contribution is 14.1. The molecule has 0 aliphatic heterocycles. The first-order valence-corrected chi connectivity index (χ1v) is 6.16. The van der Waals surface area contributed by atoms with Gasteiger partial charge in [0.2, 0.25) is 0 Å². The normalized spacial score (nSPS) is 10.1. The van der Waals surface area contributed by atoms with E-state index in [0.29, 0.717) is 13.2 Å². The van der Waals surface area contributed by atoms with Crippen LogP contribution in [0.15, 0.2) is 24.3 Å². The predicted molar refractivity (Wildman–Crippen MR) is 66.4 cm³/mol. The molecule has 0 N–H and O–H groups in total. The minimum atomic E-state index is 0.620. The second-order valence-electron chi connectivity index (χ2n) is 2.89. The van der Waals surface area contributed by atoms with E-state index in [1.165, 1.54) is 5.56 Å². The molecule has 0 saturated carbocycles. The van der Waals surface area contributed by atoms with Crippen LogP contribution in [0, 0.1) is 0 Å². The Hall–Kier alpha value is -0.290. The lowest BCUT2D eigenvalue weighted by Gasteiger charge is -2.09. The highest BCUT2D eigenvalue weighted by Crippen LogP contribution is 2.18. The minimum absolute atomic E-state index is 0.620. The van der Waals surface area contributed by atoms with E-state index >= 15 is 0 Å². The molecule has 0 fully saturated rings. The largest absolute Gasteiger partial charge is 0.491 e. The Kier molecular flexibility index (Phi) is 5.94. The molecule has 0 spiro atoms. The van der Waals surface area contributed by atoms with Crippen LogP contribution in [-0.2, 0) is 11.2 Å². The lowest BCUT2D eigenvalue weighted by Crippen LogP contribution is -2.06. The maximum absolute atomic E-state index is 5.60. The summed E-state index contributed by atoms with van der Waals surface area (Å²) in [7, 11) is 1.68. The fourth-order valence-corrected chi connectivity index (χ4v) is 1.77. The lowest BCUT2D eigenvalue weighted by molar-refractivity contribution is 0.146. The Labute approximate surface area is 98.7 Å². The number of alkyl halides is 1. The Bertz CT molecular complexity index is 263. The highest BCUT2D eigenvalue weighted by Gasteiger charge is 2.01. The van der Waals surface area contributed by atoms with Gasteiger partial charge in [0, 0.05) is 11.5 Å². The minimum Gasteiger partial charge on any atom is -0.491 e. The zero-order valence-corrected chi connectivity index (χ0v) is 10.5. The maximum Gasteiger partial charge on any atom is 0.122 e. The average Bonchev–Trinajstić information content (AvgIpc) is 2.21. The van der Waals surface area contributed by atoms with Crippen molar-refractivity contribution in [2.45, 2.75) is 6.42 Å². The van der Waals surface area contributed by atoms with Crippen molar-refractivity contribution in [3.8, 4) is 5.75 Å². The van der Waals surface area contributed by atoms with Crippen LogP contribution in [-0.4, -0.2) is 24.8 Å². The Morgan fingerprint density at radius 2 is 2.00 bits per heavy atom. The van der Waals surface area contributed by atoms with Crippen LogP contribution in [0.5, 0.6) is 5.75 Å². The standard InChI is InChI=1S/C11H15IO2/c1-13-8-9-14-11-5-3-2-4-10(11)6-7-12/h2-5H,6-9H2,1H3. The van der Waals surface area contributed by atoms with E-state index in [4.69, 9.17) is 9.47 Å². The van der Waals surface area contributed by atoms with Gasteiger partial charge in [0.05, 0.1) is 6.61 Å². The molecule has 0 unspecified atom stereocenters. The van der Waals surface area contributed by atoms with Crippen LogP contribution in [0.1, 0.15) is 5.56 Å². The van der Waals surface area contributed by atoms with Gasteiger partial charge in [0.15, 0.2) is 0 Å².